The third kappa shape index (κ3) is 3.36. The Morgan fingerprint density at radius 1 is 1.04 bits per heavy atom. The molecule has 0 radical (unpaired) electrons. The highest BCUT2D eigenvalue weighted by molar-refractivity contribution is 6.77. The molecule has 146 valence electrons. The maximum absolute atomic E-state index is 10.3. The molecule has 0 amide bonds. The number of fused-ring (bicyclic) bond motifs is 2. The molecule has 0 spiro atoms. The van der Waals surface area contributed by atoms with Gasteiger partial charge in [0.2, 0.25) is 8.32 Å². The topological polar surface area (TPSA) is 32.7 Å². The van der Waals surface area contributed by atoms with E-state index in [-0.39, 0.29) is 0 Å². The van der Waals surface area contributed by atoms with Gasteiger partial charge in [-0.3, -0.25) is 0 Å². The van der Waals surface area contributed by atoms with Crippen molar-refractivity contribution in [1.29, 1.82) is 0 Å². The van der Waals surface area contributed by atoms with Crippen molar-refractivity contribution in [3.05, 3.63) is 29.3 Å². The van der Waals surface area contributed by atoms with Crippen LogP contribution in [0.5, 0.6) is 5.75 Å². The Labute approximate surface area is 160 Å². The van der Waals surface area contributed by atoms with E-state index in [2.05, 4.69) is 52.7 Å². The molecule has 1 aliphatic heterocycles. The van der Waals surface area contributed by atoms with Gasteiger partial charge in [0.1, 0.15) is 5.75 Å². The molecule has 0 saturated carbocycles. The fourth-order valence-corrected chi connectivity index (χ4v) is 11.0. The van der Waals surface area contributed by atoms with Crippen LogP contribution in [-0.2, 0) is 17.4 Å². The Bertz CT molecular complexity index is 607. The van der Waals surface area contributed by atoms with E-state index in [0.717, 1.165) is 19.4 Å². The van der Waals surface area contributed by atoms with Gasteiger partial charge in [0, 0.05) is 12.6 Å². The first-order valence-corrected chi connectivity index (χ1v) is 12.7. The van der Waals surface area contributed by atoms with Crippen LogP contribution in [0, 0.1) is 5.92 Å². The zero-order chi connectivity index (χ0) is 19.1. The molecule has 2 unspecified atom stereocenters. The van der Waals surface area contributed by atoms with Gasteiger partial charge in [0.25, 0.3) is 0 Å². The number of benzene rings is 1. The Morgan fingerprint density at radius 2 is 1.69 bits per heavy atom. The molecule has 1 aromatic rings. The lowest BCUT2D eigenvalue weighted by molar-refractivity contribution is -0.147. The molecular weight excluding hydrogens is 338 g/mol. The monoisotopic (exact) mass is 375 g/mol. The summed E-state index contributed by atoms with van der Waals surface area (Å²) in [5.41, 5.74) is 4.29. The number of hydrogen-bond donors (Lipinski definition) is 1. The molecule has 26 heavy (non-hydrogen) atoms. The molecule has 3 rings (SSSR count). The van der Waals surface area contributed by atoms with Crippen LogP contribution in [0.4, 0.5) is 0 Å². The highest BCUT2D eigenvalue weighted by Gasteiger charge is 2.49. The molecule has 1 fully saturated rings. The van der Waals surface area contributed by atoms with Crippen LogP contribution < -0.4 is 0 Å². The smallest absolute Gasteiger partial charge is 0.228 e. The lowest BCUT2D eigenvalue weighted by atomic mass is 9.76. The van der Waals surface area contributed by atoms with Gasteiger partial charge in [-0.2, -0.15) is 5.06 Å². The predicted octanol–water partition coefficient (Wildman–Crippen LogP) is 5.68. The Balaban J connectivity index is 1.89. The molecular formula is C22H37NO2Si. The fourth-order valence-electron chi connectivity index (χ4n) is 5.78. The second kappa shape index (κ2) is 7.65. The molecule has 4 heteroatoms. The molecule has 1 saturated heterocycles. The minimum Gasteiger partial charge on any atom is -0.508 e. The third-order valence-corrected chi connectivity index (χ3v) is 13.0. The molecule has 2 aliphatic rings. The number of hydroxylamine groups is 2. The first kappa shape index (κ1) is 19.9. The van der Waals surface area contributed by atoms with E-state index in [1.54, 1.807) is 0 Å². The summed E-state index contributed by atoms with van der Waals surface area (Å²) in [6.07, 6.45) is 4.44. The molecule has 1 heterocycles. The molecule has 2 atom stereocenters. The molecule has 0 aromatic heterocycles. The van der Waals surface area contributed by atoms with E-state index in [0.29, 0.717) is 34.3 Å². The average molecular weight is 376 g/mol. The summed E-state index contributed by atoms with van der Waals surface area (Å²) in [5.74, 6) is 1.08. The highest BCUT2D eigenvalue weighted by Crippen LogP contribution is 2.45. The minimum absolute atomic E-state index is 0.459. The van der Waals surface area contributed by atoms with E-state index in [9.17, 15) is 5.11 Å². The van der Waals surface area contributed by atoms with Crippen molar-refractivity contribution < 1.29 is 9.63 Å². The minimum atomic E-state index is -1.92. The number of phenolic OH excluding ortho intramolecular Hbond substituents is 1. The highest BCUT2D eigenvalue weighted by atomic mass is 28.4. The number of hydrogen-bond acceptors (Lipinski definition) is 3. The van der Waals surface area contributed by atoms with Crippen LogP contribution >= 0.6 is 0 Å². The summed E-state index contributed by atoms with van der Waals surface area (Å²) in [5, 5.41) is 12.7. The third-order valence-electron chi connectivity index (χ3n) is 6.99. The van der Waals surface area contributed by atoms with Crippen molar-refractivity contribution >= 4 is 8.32 Å². The lowest BCUT2D eigenvalue weighted by Crippen LogP contribution is -2.58. The van der Waals surface area contributed by atoms with Crippen molar-refractivity contribution in [2.45, 2.75) is 89.9 Å². The van der Waals surface area contributed by atoms with Crippen LogP contribution in [0.15, 0.2) is 18.2 Å². The SMILES string of the molecule is CC(C)[Si](ON1CCCC2Cc3c(O)cccc3CC21)(C(C)C)C(C)C. The summed E-state index contributed by atoms with van der Waals surface area (Å²) in [7, 11) is -1.92. The first-order chi connectivity index (χ1) is 12.3. The standard InChI is InChI=1S/C22H37NO2Si/c1-15(2)26(16(3)4,17(5)6)25-23-12-8-10-19-13-20-18(14-21(19)23)9-7-11-22(20)24/h7,9,11,15-17,19,21,24H,8,10,12-14H2,1-6H3. The van der Waals surface area contributed by atoms with Gasteiger partial charge >= 0.3 is 0 Å². The van der Waals surface area contributed by atoms with E-state index >= 15 is 0 Å². The second-order valence-electron chi connectivity index (χ2n) is 9.34. The number of phenols is 1. The maximum Gasteiger partial charge on any atom is 0.228 e. The van der Waals surface area contributed by atoms with Crippen LogP contribution in [0.3, 0.4) is 0 Å². The van der Waals surface area contributed by atoms with Crippen molar-refractivity contribution in [2.75, 3.05) is 6.54 Å². The second-order valence-corrected chi connectivity index (χ2v) is 14.7. The Kier molecular flexibility index (Phi) is 5.85. The van der Waals surface area contributed by atoms with Gasteiger partial charge in [-0.05, 0) is 65.4 Å². The van der Waals surface area contributed by atoms with E-state index in [1.165, 1.54) is 24.0 Å². The molecule has 3 nitrogen and oxygen atoms in total. The molecule has 1 N–H and O–H groups in total. The maximum atomic E-state index is 10.3. The van der Waals surface area contributed by atoms with Gasteiger partial charge < -0.3 is 9.63 Å². The van der Waals surface area contributed by atoms with Crippen molar-refractivity contribution in [2.24, 2.45) is 5.92 Å². The van der Waals surface area contributed by atoms with Crippen LogP contribution in [-0.4, -0.2) is 31.1 Å². The average Bonchev–Trinajstić information content (AvgIpc) is 2.57. The van der Waals surface area contributed by atoms with Gasteiger partial charge in [-0.1, -0.05) is 53.7 Å². The van der Waals surface area contributed by atoms with E-state index in [4.69, 9.17) is 4.53 Å². The number of nitrogens with zero attached hydrogens (tertiary/aromatic N) is 1. The van der Waals surface area contributed by atoms with Gasteiger partial charge in [0.05, 0.1) is 0 Å². The van der Waals surface area contributed by atoms with Crippen molar-refractivity contribution in [3.8, 4) is 5.75 Å². The van der Waals surface area contributed by atoms with Crippen LogP contribution in [0.25, 0.3) is 0 Å². The zero-order valence-corrected chi connectivity index (χ0v) is 18.5. The van der Waals surface area contributed by atoms with Crippen molar-refractivity contribution in [1.82, 2.24) is 5.06 Å². The van der Waals surface area contributed by atoms with Crippen molar-refractivity contribution in [3.63, 3.8) is 0 Å². The van der Waals surface area contributed by atoms with Gasteiger partial charge in [-0.25, -0.2) is 0 Å². The normalized spacial score (nSPS) is 24.2. The Hall–Kier alpha value is -0.843. The fraction of sp³-hybridized carbons (Fsp3) is 0.727. The largest absolute Gasteiger partial charge is 0.508 e. The van der Waals surface area contributed by atoms with Gasteiger partial charge in [-0.15, -0.1) is 0 Å². The Morgan fingerprint density at radius 3 is 2.31 bits per heavy atom. The van der Waals surface area contributed by atoms with Crippen LogP contribution in [0.2, 0.25) is 16.6 Å². The summed E-state index contributed by atoms with van der Waals surface area (Å²) in [4.78, 5) is 0. The predicted molar refractivity (Wildman–Crippen MR) is 111 cm³/mol. The van der Waals surface area contributed by atoms with Crippen LogP contribution in [0.1, 0.15) is 65.5 Å². The number of piperidine rings is 1. The van der Waals surface area contributed by atoms with E-state index in [1.807, 2.05) is 12.1 Å². The zero-order valence-electron chi connectivity index (χ0n) is 17.5. The lowest BCUT2D eigenvalue weighted by Gasteiger charge is -2.51. The van der Waals surface area contributed by atoms with E-state index < -0.39 is 8.32 Å². The summed E-state index contributed by atoms with van der Waals surface area (Å²) in [6.45, 7) is 15.2. The molecule has 1 aromatic carbocycles. The summed E-state index contributed by atoms with van der Waals surface area (Å²) >= 11 is 0. The summed E-state index contributed by atoms with van der Waals surface area (Å²) in [6, 6.07) is 6.47. The van der Waals surface area contributed by atoms with Gasteiger partial charge in [0.15, 0.2) is 0 Å². The quantitative estimate of drug-likeness (QED) is 0.672. The summed E-state index contributed by atoms with van der Waals surface area (Å²) < 4.78 is 7.09. The molecule has 0 bridgehead atoms. The number of aromatic hydroxyl groups is 1. The molecule has 1 aliphatic carbocycles. The number of rotatable bonds is 5. The first-order valence-electron chi connectivity index (χ1n) is 10.5.